The van der Waals surface area contributed by atoms with Crippen molar-refractivity contribution < 1.29 is 37.3 Å². The summed E-state index contributed by atoms with van der Waals surface area (Å²) >= 11 is 0. The van der Waals surface area contributed by atoms with E-state index in [4.69, 9.17) is 0 Å². The van der Waals surface area contributed by atoms with Gasteiger partial charge in [-0.05, 0) is 23.3 Å². The van der Waals surface area contributed by atoms with E-state index in [1.807, 2.05) is 42.2 Å². The highest BCUT2D eigenvalue weighted by Gasteiger charge is 1.97. The van der Waals surface area contributed by atoms with Crippen LogP contribution in [0.15, 0.2) is 42.7 Å². The minimum atomic E-state index is -0.566. The number of rotatable bonds is 2. The smallest absolute Gasteiger partial charge is 0.169 e. The van der Waals surface area contributed by atoms with E-state index in [-0.39, 0.29) is 24.0 Å². The normalized spacial score (nSPS) is 10.4. The van der Waals surface area contributed by atoms with E-state index in [0.717, 1.165) is 11.6 Å². The molecule has 0 aliphatic heterocycles. The third-order valence-corrected chi connectivity index (χ3v) is 2.36. The van der Waals surface area contributed by atoms with Crippen LogP contribution < -0.4 is 28.5 Å². The molecule has 18 heavy (non-hydrogen) atoms. The number of halogens is 3. The van der Waals surface area contributed by atoms with Crippen LogP contribution in [-0.2, 0) is 7.05 Å². The van der Waals surface area contributed by atoms with Gasteiger partial charge in [0.25, 0.3) is 0 Å². The molecule has 0 aliphatic rings. The van der Waals surface area contributed by atoms with Gasteiger partial charge in [0.1, 0.15) is 18.7 Å². The number of nitrogens with zero attached hydrogens (tertiary/aromatic N) is 1. The number of hydrogen-bond acceptors (Lipinski definition) is 0. The fraction of sp³-hybridized carbons (Fsp3) is 0.0714. The molecule has 0 aliphatic carbocycles. The van der Waals surface area contributed by atoms with E-state index in [2.05, 4.69) is 0 Å². The van der Waals surface area contributed by atoms with Crippen LogP contribution in [0.4, 0.5) is 8.78 Å². The molecule has 2 rings (SSSR count). The quantitative estimate of drug-likeness (QED) is 0.524. The summed E-state index contributed by atoms with van der Waals surface area (Å²) in [6, 6.07) is 7.29. The first-order valence-electron chi connectivity index (χ1n) is 5.23. The largest absolute Gasteiger partial charge is 1.00 e. The molecule has 0 spiro atoms. The number of hydrogen-bond donors (Lipinski definition) is 0. The molecule has 0 bridgehead atoms. The van der Waals surface area contributed by atoms with E-state index in [1.165, 1.54) is 12.1 Å². The molecule has 1 nitrogen and oxygen atoms in total. The maximum absolute atomic E-state index is 12.9. The molecule has 0 atom stereocenters. The first-order valence-corrected chi connectivity index (χ1v) is 5.23. The molecular weight excluding hydrogens is 347 g/mol. The summed E-state index contributed by atoms with van der Waals surface area (Å²) < 4.78 is 27.8. The predicted octanol–water partition coefficient (Wildman–Crippen LogP) is -0.0363. The van der Waals surface area contributed by atoms with Gasteiger partial charge in [-0.2, -0.15) is 0 Å². The third kappa shape index (κ3) is 4.18. The van der Waals surface area contributed by atoms with E-state index in [0.29, 0.717) is 5.56 Å². The maximum Gasteiger partial charge on any atom is 0.169 e. The van der Waals surface area contributed by atoms with Gasteiger partial charge in [0.2, 0.25) is 0 Å². The van der Waals surface area contributed by atoms with Gasteiger partial charge in [-0.3, -0.25) is 0 Å². The van der Waals surface area contributed by atoms with E-state index < -0.39 is 11.6 Å². The lowest BCUT2D eigenvalue weighted by molar-refractivity contribution is -0.671. The van der Waals surface area contributed by atoms with Crippen LogP contribution in [0, 0.1) is 11.6 Å². The molecule has 0 unspecified atom stereocenters. The van der Waals surface area contributed by atoms with E-state index >= 15 is 0 Å². The topological polar surface area (TPSA) is 3.88 Å². The molecule has 0 saturated carbocycles. The first-order chi connectivity index (χ1) is 8.13. The van der Waals surface area contributed by atoms with E-state index in [9.17, 15) is 8.78 Å². The van der Waals surface area contributed by atoms with Crippen LogP contribution in [0.3, 0.4) is 0 Å². The second kappa shape index (κ2) is 6.58. The average molecular weight is 359 g/mol. The highest BCUT2D eigenvalue weighted by Crippen LogP contribution is 2.11. The van der Waals surface area contributed by atoms with Crippen LogP contribution in [0.25, 0.3) is 12.2 Å². The van der Waals surface area contributed by atoms with Crippen LogP contribution in [0.5, 0.6) is 0 Å². The molecule has 0 radical (unpaired) electrons. The zero-order chi connectivity index (χ0) is 12.3. The van der Waals surface area contributed by atoms with Gasteiger partial charge in [0, 0.05) is 18.2 Å². The standard InChI is InChI=1S/C14H12F2N.HI/c1-17-6-4-11(5-7-17)2-3-12-8-13(15)10-14(16)9-12;/h2-10H,1H3;1H/q+1;/p-1/b3-2+;. The summed E-state index contributed by atoms with van der Waals surface area (Å²) in [5.74, 6) is -1.13. The zero-order valence-electron chi connectivity index (χ0n) is 9.78. The molecule has 1 aromatic carbocycles. The second-order valence-electron chi connectivity index (χ2n) is 3.83. The molecule has 0 saturated heterocycles. The lowest BCUT2D eigenvalue weighted by Gasteiger charge is -1.95. The minimum absolute atomic E-state index is 0. The molecule has 94 valence electrons. The van der Waals surface area contributed by atoms with Gasteiger partial charge >= 0.3 is 0 Å². The van der Waals surface area contributed by atoms with Crippen molar-refractivity contribution in [3.63, 3.8) is 0 Å². The molecular formula is C14H12F2IN. The van der Waals surface area contributed by atoms with Crippen LogP contribution in [0.1, 0.15) is 11.1 Å². The Labute approximate surface area is 122 Å². The molecule has 2 aromatic rings. The van der Waals surface area contributed by atoms with Gasteiger partial charge in [-0.25, -0.2) is 13.3 Å². The molecule has 0 amide bonds. The van der Waals surface area contributed by atoms with Crippen LogP contribution in [-0.4, -0.2) is 0 Å². The summed E-state index contributed by atoms with van der Waals surface area (Å²) in [5.41, 5.74) is 1.49. The van der Waals surface area contributed by atoms with Crippen molar-refractivity contribution in [2.24, 2.45) is 7.05 Å². The molecule has 1 heterocycles. The summed E-state index contributed by atoms with van der Waals surface area (Å²) in [5, 5.41) is 0. The summed E-state index contributed by atoms with van der Waals surface area (Å²) in [6.07, 6.45) is 7.31. The molecule has 4 heteroatoms. The highest BCUT2D eigenvalue weighted by atomic mass is 127. The summed E-state index contributed by atoms with van der Waals surface area (Å²) in [6.45, 7) is 0. The van der Waals surface area contributed by atoms with Crippen LogP contribution >= 0.6 is 0 Å². The SMILES string of the molecule is C[n+]1ccc(/C=C/c2cc(F)cc(F)c2)cc1.[I-]. The Morgan fingerprint density at radius 1 is 0.889 bits per heavy atom. The molecule has 1 aromatic heterocycles. The number of aryl methyl sites for hydroxylation is 1. The molecule has 0 fully saturated rings. The fourth-order valence-electron chi connectivity index (χ4n) is 1.49. The number of benzene rings is 1. The van der Waals surface area contributed by atoms with Crippen molar-refractivity contribution in [1.82, 2.24) is 0 Å². The van der Waals surface area contributed by atoms with Crippen molar-refractivity contribution in [1.29, 1.82) is 0 Å². The van der Waals surface area contributed by atoms with Crippen molar-refractivity contribution in [3.05, 3.63) is 65.5 Å². The zero-order valence-corrected chi connectivity index (χ0v) is 11.9. The third-order valence-electron chi connectivity index (χ3n) is 2.36. The average Bonchev–Trinajstić information content (AvgIpc) is 2.27. The van der Waals surface area contributed by atoms with E-state index in [1.54, 1.807) is 6.08 Å². The molecule has 0 N–H and O–H groups in total. The van der Waals surface area contributed by atoms with Gasteiger partial charge in [-0.15, -0.1) is 0 Å². The van der Waals surface area contributed by atoms with Crippen molar-refractivity contribution in [3.8, 4) is 0 Å². The summed E-state index contributed by atoms with van der Waals surface area (Å²) in [4.78, 5) is 0. The van der Waals surface area contributed by atoms with Crippen molar-refractivity contribution in [2.45, 2.75) is 0 Å². The lowest BCUT2D eigenvalue weighted by atomic mass is 10.1. The summed E-state index contributed by atoms with van der Waals surface area (Å²) in [7, 11) is 1.93. The number of aromatic nitrogens is 1. The Morgan fingerprint density at radius 2 is 1.39 bits per heavy atom. The lowest BCUT2D eigenvalue weighted by Crippen LogP contribution is -3.00. The van der Waals surface area contributed by atoms with Crippen LogP contribution in [0.2, 0.25) is 0 Å². The Hall–Kier alpha value is -1.30. The fourth-order valence-corrected chi connectivity index (χ4v) is 1.49. The van der Waals surface area contributed by atoms with Crippen molar-refractivity contribution >= 4 is 12.2 Å². The first kappa shape index (κ1) is 14.8. The van der Waals surface area contributed by atoms with Gasteiger partial charge < -0.3 is 24.0 Å². The van der Waals surface area contributed by atoms with Gasteiger partial charge in [0.05, 0.1) is 0 Å². The Bertz CT molecular complexity index is 530. The van der Waals surface area contributed by atoms with Gasteiger partial charge in [-0.1, -0.05) is 12.2 Å². The Balaban J connectivity index is 0.00000162. The second-order valence-corrected chi connectivity index (χ2v) is 3.83. The Morgan fingerprint density at radius 3 is 1.94 bits per heavy atom. The number of pyridine rings is 1. The minimum Gasteiger partial charge on any atom is -1.00 e. The maximum atomic E-state index is 12.9. The Kier molecular flexibility index (Phi) is 5.40. The van der Waals surface area contributed by atoms with Crippen molar-refractivity contribution in [2.75, 3.05) is 0 Å². The predicted molar refractivity (Wildman–Crippen MR) is 62.9 cm³/mol. The highest BCUT2D eigenvalue weighted by molar-refractivity contribution is 5.69. The van der Waals surface area contributed by atoms with Gasteiger partial charge in [0.15, 0.2) is 12.4 Å². The monoisotopic (exact) mass is 359 g/mol.